The molecule has 310 valence electrons. The summed E-state index contributed by atoms with van der Waals surface area (Å²) >= 11 is 12.1. The van der Waals surface area contributed by atoms with Crippen molar-refractivity contribution >= 4 is 70.0 Å². The Kier molecular flexibility index (Phi) is 19.3. The molecule has 0 saturated carbocycles. The van der Waals surface area contributed by atoms with Gasteiger partial charge in [-0.3, -0.25) is 14.4 Å². The third-order valence-electron chi connectivity index (χ3n) is 7.31. The third kappa shape index (κ3) is 18.4. The van der Waals surface area contributed by atoms with Crippen LogP contribution in [0.4, 0.5) is 27.8 Å². The molecule has 18 heteroatoms. The summed E-state index contributed by atoms with van der Waals surface area (Å²) in [6, 6.07) is 6.87. The number of aromatic nitrogens is 3. The summed E-state index contributed by atoms with van der Waals surface area (Å²) < 4.78 is 5.20. The van der Waals surface area contributed by atoms with Gasteiger partial charge < -0.3 is 42.0 Å². The molecule has 0 spiro atoms. The van der Waals surface area contributed by atoms with Gasteiger partial charge in [-0.05, 0) is 87.3 Å². The molecule has 3 aromatic rings. The van der Waals surface area contributed by atoms with Crippen molar-refractivity contribution in [1.82, 2.24) is 36.2 Å². The van der Waals surface area contributed by atoms with Crippen molar-refractivity contribution in [2.24, 2.45) is 0 Å². The maximum absolute atomic E-state index is 12.7. The zero-order chi connectivity index (χ0) is 42.9. The molecule has 0 aliphatic rings. The van der Waals surface area contributed by atoms with Crippen LogP contribution < -0.4 is 37.2 Å². The molecule has 0 unspecified atom stereocenters. The molecule has 0 aliphatic carbocycles. The number of alkyl carbamates (subject to hydrolysis) is 1. The maximum atomic E-state index is 12.7. The molecule has 16 nitrogen and oxygen atoms in total. The summed E-state index contributed by atoms with van der Waals surface area (Å²) in [6.07, 6.45) is 5.03. The zero-order valence-electron chi connectivity index (χ0n) is 34.2. The van der Waals surface area contributed by atoms with Crippen LogP contribution in [0.15, 0.2) is 36.8 Å². The van der Waals surface area contributed by atoms with Crippen LogP contribution in [0.5, 0.6) is 0 Å². The Morgan fingerprint density at radius 2 is 1.30 bits per heavy atom. The van der Waals surface area contributed by atoms with Gasteiger partial charge in [0.25, 0.3) is 11.8 Å². The molecule has 0 bridgehead atoms. The number of rotatable bonds is 16. The van der Waals surface area contributed by atoms with Crippen LogP contribution >= 0.6 is 23.2 Å². The lowest BCUT2D eigenvalue weighted by atomic mass is 10.1. The highest BCUT2D eigenvalue weighted by atomic mass is 35.5. The zero-order valence-corrected chi connectivity index (χ0v) is 35.7. The van der Waals surface area contributed by atoms with E-state index in [4.69, 9.17) is 33.2 Å². The minimum atomic E-state index is -0.542. The quantitative estimate of drug-likeness (QED) is 0.0741. The SMILES string of the molecule is CC(=O)N[C@H](C)CCNC(=O)c1cnc(Nc2ncc(C#N)cc2Cl)cc1NC(C)C.CC(C)Nc1cc(Cl)ncc1C(=O)NCC[C@@H](C)NC(=O)OC(C)(C)C. The molecule has 3 rings (SSSR count). The monoisotopic (exact) mass is 827 g/mol. The molecular weight excluding hydrogens is 773 g/mol. The van der Waals surface area contributed by atoms with E-state index in [-0.39, 0.29) is 46.9 Å². The Morgan fingerprint density at radius 3 is 1.79 bits per heavy atom. The van der Waals surface area contributed by atoms with Gasteiger partial charge in [-0.2, -0.15) is 5.26 Å². The van der Waals surface area contributed by atoms with Gasteiger partial charge in [0.15, 0.2) is 0 Å². The first-order valence-electron chi connectivity index (χ1n) is 18.5. The van der Waals surface area contributed by atoms with Crippen molar-refractivity contribution in [3.05, 3.63) is 63.7 Å². The highest BCUT2D eigenvalue weighted by Gasteiger charge is 2.19. The molecule has 57 heavy (non-hydrogen) atoms. The summed E-state index contributed by atoms with van der Waals surface area (Å²) in [5.41, 5.74) is 1.87. The fraction of sp³-hybridized carbons (Fsp3) is 0.487. The first-order valence-corrected chi connectivity index (χ1v) is 19.3. The highest BCUT2D eigenvalue weighted by Crippen LogP contribution is 2.26. The van der Waals surface area contributed by atoms with Crippen molar-refractivity contribution in [2.45, 2.75) is 112 Å². The van der Waals surface area contributed by atoms with Crippen molar-refractivity contribution < 1.29 is 23.9 Å². The normalized spacial score (nSPS) is 11.9. The first-order chi connectivity index (χ1) is 26.7. The predicted octanol–water partition coefficient (Wildman–Crippen LogP) is 6.80. The first kappa shape index (κ1) is 47.8. The van der Waals surface area contributed by atoms with Crippen molar-refractivity contribution in [3.63, 3.8) is 0 Å². The average molecular weight is 829 g/mol. The smallest absolute Gasteiger partial charge is 0.407 e. The predicted molar refractivity (Wildman–Crippen MR) is 224 cm³/mol. The van der Waals surface area contributed by atoms with Gasteiger partial charge >= 0.3 is 6.09 Å². The Hall–Kier alpha value is -5.40. The second-order valence-electron chi connectivity index (χ2n) is 14.8. The summed E-state index contributed by atoms with van der Waals surface area (Å²) in [7, 11) is 0. The van der Waals surface area contributed by atoms with Gasteiger partial charge in [-0.1, -0.05) is 23.2 Å². The maximum Gasteiger partial charge on any atom is 0.407 e. The van der Waals surface area contributed by atoms with E-state index in [0.29, 0.717) is 70.8 Å². The van der Waals surface area contributed by atoms with Gasteiger partial charge in [0.2, 0.25) is 5.91 Å². The lowest BCUT2D eigenvalue weighted by molar-refractivity contribution is -0.119. The summed E-state index contributed by atoms with van der Waals surface area (Å²) in [4.78, 5) is 60.3. The lowest BCUT2D eigenvalue weighted by Crippen LogP contribution is -2.39. The van der Waals surface area contributed by atoms with E-state index in [1.54, 1.807) is 32.9 Å². The number of hydrogen-bond donors (Lipinski definition) is 7. The van der Waals surface area contributed by atoms with Gasteiger partial charge in [-0.15, -0.1) is 0 Å². The highest BCUT2D eigenvalue weighted by molar-refractivity contribution is 6.33. The summed E-state index contributed by atoms with van der Waals surface area (Å²) in [6.45, 7) is 19.3. The number of nitrogens with one attached hydrogen (secondary N) is 7. The average Bonchev–Trinajstić information content (AvgIpc) is 3.07. The van der Waals surface area contributed by atoms with Crippen LogP contribution in [0.3, 0.4) is 0 Å². The van der Waals surface area contributed by atoms with Crippen LogP contribution in [0.2, 0.25) is 10.2 Å². The molecule has 3 heterocycles. The molecule has 7 N–H and O–H groups in total. The molecule has 0 saturated heterocycles. The summed E-state index contributed by atoms with van der Waals surface area (Å²) in [5, 5.41) is 30.2. The van der Waals surface area contributed by atoms with E-state index in [0.717, 1.165) is 0 Å². The molecule has 0 radical (unpaired) electrons. The van der Waals surface area contributed by atoms with Crippen LogP contribution in [0, 0.1) is 11.3 Å². The standard InChI is InChI=1S/C21H26ClN7O2.C18H29ClN4O3/c1-12(2)27-18-8-19(29-20-17(22)7-15(9-23)10-26-20)25-11-16(18)21(31)24-6-5-13(3)28-14(4)30;1-11(2)22-14-9-15(19)21-10-13(14)16(24)20-8-7-12(3)23-17(25)26-18(4,5)6/h7-8,10-13H,5-6H2,1-4H3,(H,24,31)(H,28,30)(H2,25,26,27,29);9-12H,7-8H2,1-6H3,(H,20,24)(H,21,22)(H,23,25)/t13-;12-/m11/s1. The molecule has 4 amide bonds. The number of anilines is 4. The van der Waals surface area contributed by atoms with E-state index >= 15 is 0 Å². The van der Waals surface area contributed by atoms with E-state index in [2.05, 4.69) is 52.2 Å². The molecular formula is C39H55Cl2N11O5. The number of carbonyl (C=O) groups excluding carboxylic acids is 4. The molecule has 2 atom stereocenters. The van der Waals surface area contributed by atoms with Gasteiger partial charge in [0.05, 0.1) is 33.1 Å². The topological polar surface area (TPSA) is 224 Å². The largest absolute Gasteiger partial charge is 0.444 e. The van der Waals surface area contributed by atoms with E-state index in [9.17, 15) is 19.2 Å². The van der Waals surface area contributed by atoms with Crippen LogP contribution in [-0.4, -0.2) is 81.6 Å². The second-order valence-corrected chi connectivity index (χ2v) is 15.6. The Morgan fingerprint density at radius 1 is 0.772 bits per heavy atom. The van der Waals surface area contributed by atoms with Gasteiger partial charge in [0, 0.05) is 68.8 Å². The number of pyridine rings is 3. The molecule has 0 aliphatic heterocycles. The van der Waals surface area contributed by atoms with Crippen molar-refractivity contribution in [1.29, 1.82) is 5.26 Å². The molecule has 0 fully saturated rings. The number of carbonyl (C=O) groups is 4. The minimum absolute atomic E-state index is 0.0413. The lowest BCUT2D eigenvalue weighted by Gasteiger charge is -2.22. The fourth-order valence-electron chi connectivity index (χ4n) is 4.88. The number of nitrogens with zero attached hydrogens (tertiary/aromatic N) is 4. The Bertz CT molecular complexity index is 1880. The number of halogens is 2. The third-order valence-corrected chi connectivity index (χ3v) is 7.80. The van der Waals surface area contributed by atoms with Gasteiger partial charge in [-0.25, -0.2) is 19.7 Å². The van der Waals surface area contributed by atoms with E-state index < -0.39 is 11.7 Å². The van der Waals surface area contributed by atoms with Crippen molar-refractivity contribution in [3.8, 4) is 6.07 Å². The van der Waals surface area contributed by atoms with Gasteiger partial charge in [0.1, 0.15) is 28.5 Å². The molecule has 3 aromatic heterocycles. The van der Waals surface area contributed by atoms with Crippen LogP contribution in [0.1, 0.15) is 108 Å². The van der Waals surface area contributed by atoms with Crippen LogP contribution in [-0.2, 0) is 9.53 Å². The molecule has 0 aromatic carbocycles. The summed E-state index contributed by atoms with van der Waals surface area (Å²) in [5.74, 6) is 0.172. The second kappa shape index (κ2) is 23.0. The number of ether oxygens (including phenoxy) is 1. The van der Waals surface area contributed by atoms with E-state index in [1.807, 2.05) is 47.6 Å². The number of hydrogen-bond acceptors (Lipinski definition) is 12. The fourth-order valence-corrected chi connectivity index (χ4v) is 5.26. The van der Waals surface area contributed by atoms with E-state index in [1.165, 1.54) is 31.6 Å². The van der Waals surface area contributed by atoms with Crippen molar-refractivity contribution in [2.75, 3.05) is 29.0 Å². The number of amides is 4. The number of nitriles is 1. The van der Waals surface area contributed by atoms with Crippen LogP contribution in [0.25, 0.3) is 0 Å². The Balaban J connectivity index is 0.000000400. The Labute approximate surface area is 345 Å². The minimum Gasteiger partial charge on any atom is -0.444 e.